The summed E-state index contributed by atoms with van der Waals surface area (Å²) in [6, 6.07) is 11.1. The van der Waals surface area contributed by atoms with Crippen LogP contribution in [0, 0.1) is 0 Å². The maximum atomic E-state index is 11.6. The van der Waals surface area contributed by atoms with E-state index in [0.29, 0.717) is 6.42 Å². The molecule has 1 aliphatic rings. The molecule has 1 aromatic heterocycles. The number of halogens is 1. The molecule has 1 aliphatic heterocycles. The summed E-state index contributed by atoms with van der Waals surface area (Å²) < 4.78 is 6.62. The molecule has 0 radical (unpaired) electrons. The third kappa shape index (κ3) is 3.10. The van der Waals surface area contributed by atoms with Crippen LogP contribution in [0.3, 0.4) is 0 Å². The molecule has 2 atom stereocenters. The number of likely N-dealkylation sites (tertiary alicyclic amines) is 1. The molecule has 5 heteroatoms. The number of hydrogen-bond donors (Lipinski definition) is 1. The minimum Gasteiger partial charge on any atom is -0.480 e. The van der Waals surface area contributed by atoms with Gasteiger partial charge in [0.25, 0.3) is 0 Å². The highest BCUT2D eigenvalue weighted by Crippen LogP contribution is 2.34. The van der Waals surface area contributed by atoms with E-state index in [2.05, 4.69) is 15.9 Å². The van der Waals surface area contributed by atoms with Gasteiger partial charge < -0.3 is 9.52 Å². The van der Waals surface area contributed by atoms with Crippen LogP contribution >= 0.6 is 15.9 Å². The highest BCUT2D eigenvalue weighted by Gasteiger charge is 2.36. The van der Waals surface area contributed by atoms with Crippen molar-refractivity contribution in [2.24, 2.45) is 0 Å². The number of piperidine rings is 1. The fraction of sp³-hybridized carbons (Fsp3) is 0.353. The molecule has 0 saturated carbocycles. The molecule has 0 spiro atoms. The molecule has 3 rings (SSSR count). The van der Waals surface area contributed by atoms with Crippen LogP contribution in [0.15, 0.2) is 51.6 Å². The lowest BCUT2D eigenvalue weighted by Crippen LogP contribution is -2.46. The molecule has 1 fully saturated rings. The van der Waals surface area contributed by atoms with Gasteiger partial charge in [-0.15, -0.1) is 0 Å². The van der Waals surface area contributed by atoms with Gasteiger partial charge in [-0.05, 0) is 42.7 Å². The first-order valence-corrected chi connectivity index (χ1v) is 8.23. The lowest BCUT2D eigenvalue weighted by molar-refractivity contribution is -0.145. The number of furan rings is 1. The topological polar surface area (TPSA) is 53.7 Å². The average Bonchev–Trinajstić information content (AvgIpc) is 3.04. The normalized spacial score (nSPS) is 20.7. The fourth-order valence-electron chi connectivity index (χ4n) is 3.14. The molecule has 2 unspecified atom stereocenters. The first-order chi connectivity index (χ1) is 10.7. The Bertz CT molecular complexity index is 624. The quantitative estimate of drug-likeness (QED) is 0.889. The van der Waals surface area contributed by atoms with Gasteiger partial charge >= 0.3 is 5.97 Å². The van der Waals surface area contributed by atoms with Gasteiger partial charge in [-0.2, -0.15) is 0 Å². The molecular weight excluding hydrogens is 346 g/mol. The molecule has 2 heterocycles. The second-order valence-corrected chi connectivity index (χ2v) is 6.47. The first-order valence-electron chi connectivity index (χ1n) is 7.44. The first kappa shape index (κ1) is 15.3. The Morgan fingerprint density at radius 1 is 1.27 bits per heavy atom. The zero-order valence-corrected chi connectivity index (χ0v) is 13.7. The molecule has 0 amide bonds. The van der Waals surface area contributed by atoms with Gasteiger partial charge in [0.1, 0.15) is 11.8 Å². The van der Waals surface area contributed by atoms with Crippen molar-refractivity contribution in [1.29, 1.82) is 0 Å². The Balaban J connectivity index is 2.01. The van der Waals surface area contributed by atoms with E-state index in [1.54, 1.807) is 6.26 Å². The van der Waals surface area contributed by atoms with E-state index in [0.717, 1.165) is 35.2 Å². The minimum atomic E-state index is -0.756. The summed E-state index contributed by atoms with van der Waals surface area (Å²) in [6.45, 7) is 0.762. The molecule has 116 valence electrons. The molecule has 1 aromatic carbocycles. The van der Waals surface area contributed by atoms with Gasteiger partial charge in [-0.1, -0.05) is 34.5 Å². The second kappa shape index (κ2) is 6.67. The molecule has 2 aromatic rings. The zero-order valence-electron chi connectivity index (χ0n) is 12.1. The highest BCUT2D eigenvalue weighted by atomic mass is 79.9. The molecule has 0 bridgehead atoms. The molecule has 4 nitrogen and oxygen atoms in total. The third-order valence-electron chi connectivity index (χ3n) is 4.16. The number of rotatable bonds is 4. The summed E-state index contributed by atoms with van der Waals surface area (Å²) in [4.78, 5) is 13.7. The zero-order chi connectivity index (χ0) is 15.5. The Morgan fingerprint density at radius 3 is 2.68 bits per heavy atom. The smallest absolute Gasteiger partial charge is 0.320 e. The van der Waals surface area contributed by atoms with E-state index in [4.69, 9.17) is 4.42 Å². The monoisotopic (exact) mass is 363 g/mol. The van der Waals surface area contributed by atoms with Gasteiger partial charge in [0.05, 0.1) is 12.3 Å². The standard InChI is InChI=1S/C17H18BrNO3/c18-13-8-6-12(7-9-13)16(15-5-3-11-22-15)19-10-2-1-4-14(19)17(20)21/h3,5-9,11,14,16H,1-2,4,10H2,(H,20,21). The van der Waals surface area contributed by atoms with Crippen molar-refractivity contribution < 1.29 is 14.3 Å². The molecule has 22 heavy (non-hydrogen) atoms. The van der Waals surface area contributed by atoms with Crippen LogP contribution in [0.5, 0.6) is 0 Å². The van der Waals surface area contributed by atoms with Crippen LogP contribution in [0.1, 0.15) is 36.6 Å². The van der Waals surface area contributed by atoms with Gasteiger partial charge in [0, 0.05) is 11.0 Å². The number of carboxylic acid groups (broad SMARTS) is 1. The van der Waals surface area contributed by atoms with E-state index in [9.17, 15) is 9.90 Å². The number of hydrogen-bond acceptors (Lipinski definition) is 3. The number of aliphatic carboxylic acids is 1. The van der Waals surface area contributed by atoms with Crippen molar-refractivity contribution in [1.82, 2.24) is 4.90 Å². The maximum Gasteiger partial charge on any atom is 0.320 e. The Hall–Kier alpha value is -1.59. The number of benzene rings is 1. The molecule has 1 saturated heterocycles. The summed E-state index contributed by atoms with van der Waals surface area (Å²) in [5.74, 6) is 0.0313. The van der Waals surface area contributed by atoms with Crippen molar-refractivity contribution in [3.8, 4) is 0 Å². The van der Waals surface area contributed by atoms with E-state index in [1.165, 1.54) is 0 Å². The van der Waals surface area contributed by atoms with E-state index in [-0.39, 0.29) is 6.04 Å². The van der Waals surface area contributed by atoms with Crippen molar-refractivity contribution in [2.75, 3.05) is 6.54 Å². The average molecular weight is 364 g/mol. The SMILES string of the molecule is O=C(O)C1CCCCN1C(c1ccc(Br)cc1)c1ccco1. The van der Waals surface area contributed by atoms with Crippen molar-refractivity contribution in [2.45, 2.75) is 31.3 Å². The predicted molar refractivity (Wildman–Crippen MR) is 86.7 cm³/mol. The van der Waals surface area contributed by atoms with Gasteiger partial charge in [-0.25, -0.2) is 0 Å². The predicted octanol–water partition coefficient (Wildman–Crippen LogP) is 4.07. The number of carbonyl (C=O) groups is 1. The van der Waals surface area contributed by atoms with Crippen LogP contribution in [-0.2, 0) is 4.79 Å². The molecular formula is C17H18BrNO3. The highest BCUT2D eigenvalue weighted by molar-refractivity contribution is 9.10. The van der Waals surface area contributed by atoms with Crippen LogP contribution in [0.4, 0.5) is 0 Å². The lowest BCUT2D eigenvalue weighted by atomic mass is 9.95. The molecule has 0 aliphatic carbocycles. The van der Waals surface area contributed by atoms with Crippen LogP contribution < -0.4 is 0 Å². The summed E-state index contributed by atoms with van der Waals surface area (Å²) in [5, 5.41) is 9.57. The Morgan fingerprint density at radius 2 is 2.05 bits per heavy atom. The van der Waals surface area contributed by atoms with E-state index in [1.807, 2.05) is 41.3 Å². The third-order valence-corrected chi connectivity index (χ3v) is 4.69. The van der Waals surface area contributed by atoms with Crippen LogP contribution in [-0.4, -0.2) is 28.6 Å². The van der Waals surface area contributed by atoms with Crippen molar-refractivity contribution in [3.63, 3.8) is 0 Å². The van der Waals surface area contributed by atoms with Gasteiger partial charge in [-0.3, -0.25) is 9.69 Å². The van der Waals surface area contributed by atoms with E-state index >= 15 is 0 Å². The second-order valence-electron chi connectivity index (χ2n) is 5.56. The fourth-order valence-corrected chi connectivity index (χ4v) is 3.40. The summed E-state index contributed by atoms with van der Waals surface area (Å²) in [5.41, 5.74) is 1.05. The van der Waals surface area contributed by atoms with Crippen molar-refractivity contribution >= 4 is 21.9 Å². The summed E-state index contributed by atoms with van der Waals surface area (Å²) in [7, 11) is 0. The van der Waals surface area contributed by atoms with Gasteiger partial charge in [0.2, 0.25) is 0 Å². The summed E-state index contributed by atoms with van der Waals surface area (Å²) >= 11 is 3.44. The van der Waals surface area contributed by atoms with E-state index < -0.39 is 12.0 Å². The van der Waals surface area contributed by atoms with Gasteiger partial charge in [0.15, 0.2) is 0 Å². The molecule has 1 N–H and O–H groups in total. The van der Waals surface area contributed by atoms with Crippen LogP contribution in [0.25, 0.3) is 0 Å². The minimum absolute atomic E-state index is 0.163. The Labute approximate surface area is 137 Å². The Kier molecular flexibility index (Phi) is 4.64. The number of carboxylic acids is 1. The lowest BCUT2D eigenvalue weighted by Gasteiger charge is -2.38. The van der Waals surface area contributed by atoms with Crippen LogP contribution in [0.2, 0.25) is 0 Å². The van der Waals surface area contributed by atoms with Crippen molar-refractivity contribution in [3.05, 3.63) is 58.5 Å². The summed E-state index contributed by atoms with van der Waals surface area (Å²) in [6.07, 6.45) is 4.29. The number of nitrogens with zero attached hydrogens (tertiary/aromatic N) is 1. The maximum absolute atomic E-state index is 11.6. The largest absolute Gasteiger partial charge is 0.480 e.